The molecule has 0 unspecified atom stereocenters. The molecule has 0 aromatic heterocycles. The van der Waals surface area contributed by atoms with E-state index in [1.807, 2.05) is 13.0 Å². The number of hydrogen-bond acceptors (Lipinski definition) is 1. The molecule has 0 bridgehead atoms. The van der Waals surface area contributed by atoms with Gasteiger partial charge >= 0.3 is 0 Å². The monoisotopic (exact) mass is 207 g/mol. The average molecular weight is 208 g/mol. The van der Waals surface area contributed by atoms with Crippen molar-refractivity contribution in [2.24, 2.45) is 5.92 Å². The third-order valence-corrected chi connectivity index (χ3v) is 2.49. The minimum atomic E-state index is 0.583. The Morgan fingerprint density at radius 2 is 2.07 bits per heavy atom. The van der Waals surface area contributed by atoms with Crippen molar-refractivity contribution >= 4 is 11.6 Å². The topological polar surface area (TPSA) is 23.8 Å². The summed E-state index contributed by atoms with van der Waals surface area (Å²) >= 11 is 6.07. The zero-order valence-electron chi connectivity index (χ0n) is 8.76. The van der Waals surface area contributed by atoms with Crippen LogP contribution in [0.15, 0.2) is 12.1 Å². The van der Waals surface area contributed by atoms with Gasteiger partial charge in [-0.3, -0.25) is 0 Å². The van der Waals surface area contributed by atoms with Gasteiger partial charge in [-0.05, 0) is 36.5 Å². The lowest BCUT2D eigenvalue weighted by Gasteiger charge is -2.09. The molecular weight excluding hydrogens is 194 g/mol. The van der Waals surface area contributed by atoms with E-state index in [1.165, 1.54) is 0 Å². The van der Waals surface area contributed by atoms with Crippen LogP contribution in [0.5, 0.6) is 0 Å². The van der Waals surface area contributed by atoms with Crippen LogP contribution >= 0.6 is 11.6 Å². The molecule has 1 aromatic rings. The molecule has 0 fully saturated rings. The largest absolute Gasteiger partial charge is 0.192 e. The van der Waals surface area contributed by atoms with Gasteiger partial charge in [0.2, 0.25) is 0 Å². The van der Waals surface area contributed by atoms with E-state index in [2.05, 4.69) is 19.9 Å². The van der Waals surface area contributed by atoms with Gasteiger partial charge in [0, 0.05) is 5.02 Å². The summed E-state index contributed by atoms with van der Waals surface area (Å²) in [6, 6.07) is 5.91. The lowest BCUT2D eigenvalue weighted by Crippen LogP contribution is -1.97. The summed E-state index contributed by atoms with van der Waals surface area (Å²) in [5.74, 6) is 0.583. The molecule has 0 aliphatic heterocycles. The molecule has 0 saturated carbocycles. The van der Waals surface area contributed by atoms with Crippen molar-refractivity contribution in [2.45, 2.75) is 27.2 Å². The second-order valence-corrected chi connectivity index (χ2v) is 4.38. The normalized spacial score (nSPS) is 10.3. The number of halogens is 1. The number of nitrogens with zero attached hydrogens (tertiary/aromatic N) is 1. The van der Waals surface area contributed by atoms with Gasteiger partial charge in [-0.15, -0.1) is 0 Å². The van der Waals surface area contributed by atoms with E-state index < -0.39 is 0 Å². The van der Waals surface area contributed by atoms with Crippen LogP contribution in [0.4, 0.5) is 0 Å². The van der Waals surface area contributed by atoms with Crippen LogP contribution in [0.2, 0.25) is 5.02 Å². The van der Waals surface area contributed by atoms with E-state index >= 15 is 0 Å². The summed E-state index contributed by atoms with van der Waals surface area (Å²) in [7, 11) is 0. The standard InChI is InChI=1S/C12H14ClN/c1-8(2)4-10-5-9(3)11(7-14)6-12(10)13/h5-6,8H,4H2,1-3H3. The zero-order valence-corrected chi connectivity index (χ0v) is 9.52. The van der Waals surface area contributed by atoms with E-state index in [0.29, 0.717) is 16.5 Å². The van der Waals surface area contributed by atoms with Crippen LogP contribution in [0.3, 0.4) is 0 Å². The smallest absolute Gasteiger partial charge is 0.0994 e. The SMILES string of the molecule is Cc1cc(CC(C)C)c(Cl)cc1C#N. The first-order chi connectivity index (χ1) is 6.54. The molecule has 1 nitrogen and oxygen atoms in total. The quantitative estimate of drug-likeness (QED) is 0.725. The fraction of sp³-hybridized carbons (Fsp3) is 0.417. The molecule has 0 heterocycles. The van der Waals surface area contributed by atoms with E-state index in [9.17, 15) is 0 Å². The summed E-state index contributed by atoms with van der Waals surface area (Å²) < 4.78 is 0. The second-order valence-electron chi connectivity index (χ2n) is 3.97. The maximum absolute atomic E-state index is 8.81. The molecular formula is C12H14ClN. The molecule has 2 heteroatoms. The van der Waals surface area contributed by atoms with Crippen molar-refractivity contribution < 1.29 is 0 Å². The maximum Gasteiger partial charge on any atom is 0.0994 e. The van der Waals surface area contributed by atoms with Gasteiger partial charge in [-0.2, -0.15) is 5.26 Å². The Hall–Kier alpha value is -1.00. The minimum absolute atomic E-state index is 0.583. The molecule has 0 N–H and O–H groups in total. The van der Waals surface area contributed by atoms with Crippen molar-refractivity contribution in [3.63, 3.8) is 0 Å². The van der Waals surface area contributed by atoms with E-state index in [0.717, 1.165) is 17.5 Å². The molecule has 0 saturated heterocycles. The minimum Gasteiger partial charge on any atom is -0.192 e. The molecule has 1 rings (SSSR count). The van der Waals surface area contributed by atoms with E-state index in [4.69, 9.17) is 16.9 Å². The molecule has 0 aliphatic rings. The van der Waals surface area contributed by atoms with Gasteiger partial charge in [-0.25, -0.2) is 0 Å². The van der Waals surface area contributed by atoms with Crippen molar-refractivity contribution in [3.8, 4) is 6.07 Å². The molecule has 1 aromatic carbocycles. The van der Waals surface area contributed by atoms with Crippen LogP contribution in [0.1, 0.15) is 30.5 Å². The number of nitriles is 1. The number of benzene rings is 1. The van der Waals surface area contributed by atoms with Crippen molar-refractivity contribution in [2.75, 3.05) is 0 Å². The molecule has 0 radical (unpaired) electrons. The molecule has 0 amide bonds. The molecule has 74 valence electrons. The van der Waals surface area contributed by atoms with Gasteiger partial charge in [0.1, 0.15) is 0 Å². The number of hydrogen-bond donors (Lipinski definition) is 0. The maximum atomic E-state index is 8.81. The highest BCUT2D eigenvalue weighted by molar-refractivity contribution is 6.31. The van der Waals surface area contributed by atoms with Gasteiger partial charge in [0.05, 0.1) is 11.6 Å². The second kappa shape index (κ2) is 4.48. The lowest BCUT2D eigenvalue weighted by atomic mass is 9.99. The Labute approximate surface area is 90.3 Å². The molecule has 0 aliphatic carbocycles. The van der Waals surface area contributed by atoms with Gasteiger partial charge in [0.25, 0.3) is 0 Å². The van der Waals surface area contributed by atoms with Crippen LogP contribution in [0, 0.1) is 24.2 Å². The molecule has 14 heavy (non-hydrogen) atoms. The Morgan fingerprint density at radius 1 is 1.43 bits per heavy atom. The predicted octanol–water partition coefficient (Wildman–Crippen LogP) is 3.72. The summed E-state index contributed by atoms with van der Waals surface area (Å²) in [6.45, 7) is 6.26. The van der Waals surface area contributed by atoms with E-state index in [-0.39, 0.29) is 0 Å². The predicted molar refractivity (Wildman–Crippen MR) is 59.4 cm³/mol. The number of rotatable bonds is 2. The van der Waals surface area contributed by atoms with Gasteiger partial charge < -0.3 is 0 Å². The lowest BCUT2D eigenvalue weighted by molar-refractivity contribution is 0.647. The highest BCUT2D eigenvalue weighted by Crippen LogP contribution is 2.23. The van der Waals surface area contributed by atoms with Crippen LogP contribution < -0.4 is 0 Å². The van der Waals surface area contributed by atoms with Crippen molar-refractivity contribution in [3.05, 3.63) is 33.8 Å². The van der Waals surface area contributed by atoms with Crippen LogP contribution in [0.25, 0.3) is 0 Å². The zero-order chi connectivity index (χ0) is 10.7. The van der Waals surface area contributed by atoms with Gasteiger partial charge in [-0.1, -0.05) is 31.5 Å². The first-order valence-electron chi connectivity index (χ1n) is 4.73. The Kier molecular flexibility index (Phi) is 3.55. The Bertz CT molecular complexity index is 375. The Morgan fingerprint density at radius 3 is 2.57 bits per heavy atom. The number of aryl methyl sites for hydroxylation is 1. The van der Waals surface area contributed by atoms with Gasteiger partial charge in [0.15, 0.2) is 0 Å². The van der Waals surface area contributed by atoms with Crippen molar-refractivity contribution in [1.82, 2.24) is 0 Å². The van der Waals surface area contributed by atoms with Crippen LogP contribution in [-0.4, -0.2) is 0 Å². The highest BCUT2D eigenvalue weighted by atomic mass is 35.5. The molecule has 0 atom stereocenters. The first-order valence-corrected chi connectivity index (χ1v) is 5.11. The average Bonchev–Trinajstić information content (AvgIpc) is 2.10. The summed E-state index contributed by atoms with van der Waals surface area (Å²) in [4.78, 5) is 0. The fourth-order valence-electron chi connectivity index (χ4n) is 1.46. The highest BCUT2D eigenvalue weighted by Gasteiger charge is 2.06. The summed E-state index contributed by atoms with van der Waals surface area (Å²) in [5, 5.41) is 9.52. The third kappa shape index (κ3) is 2.49. The van der Waals surface area contributed by atoms with Crippen molar-refractivity contribution in [1.29, 1.82) is 5.26 Å². The third-order valence-electron chi connectivity index (χ3n) is 2.14. The summed E-state index contributed by atoms with van der Waals surface area (Å²) in [5.41, 5.74) is 2.81. The first kappa shape index (κ1) is 11.1. The molecule has 0 spiro atoms. The fourth-order valence-corrected chi connectivity index (χ4v) is 1.70. The van der Waals surface area contributed by atoms with Crippen LogP contribution in [-0.2, 0) is 6.42 Å². The van der Waals surface area contributed by atoms with E-state index in [1.54, 1.807) is 6.07 Å². The summed E-state index contributed by atoms with van der Waals surface area (Å²) in [6.07, 6.45) is 0.964. The Balaban J connectivity index is 3.10.